The van der Waals surface area contributed by atoms with Crippen molar-refractivity contribution < 1.29 is 5.11 Å². The van der Waals surface area contributed by atoms with Gasteiger partial charge in [0.05, 0.1) is 0 Å². The van der Waals surface area contributed by atoms with Crippen molar-refractivity contribution in [3.05, 3.63) is 46.6 Å². The molecule has 0 aliphatic carbocycles. The van der Waals surface area contributed by atoms with Crippen LogP contribution in [0.5, 0.6) is 0 Å². The van der Waals surface area contributed by atoms with Crippen LogP contribution in [0, 0.1) is 0 Å². The first-order valence-electron chi connectivity index (χ1n) is 7.10. The molecule has 0 radical (unpaired) electrons. The third-order valence-corrected chi connectivity index (χ3v) is 4.71. The molecule has 7 heteroatoms. The Kier molecular flexibility index (Phi) is 3.11. The van der Waals surface area contributed by atoms with Crippen molar-refractivity contribution in [1.82, 2.24) is 24.6 Å². The molecule has 1 saturated heterocycles. The summed E-state index contributed by atoms with van der Waals surface area (Å²) in [6.45, 7) is 1.95. The van der Waals surface area contributed by atoms with Gasteiger partial charge in [-0.25, -0.2) is 4.98 Å². The normalized spacial score (nSPS) is 17.8. The van der Waals surface area contributed by atoms with E-state index in [1.807, 2.05) is 12.3 Å². The molecule has 6 nitrogen and oxygen atoms in total. The first-order chi connectivity index (χ1) is 10.5. The Bertz CT molecular complexity index is 833. The van der Waals surface area contributed by atoms with E-state index >= 15 is 0 Å². The standard InChI is InChI=1S/C15H16BrN5O/c1-20-14(18-9-19-20)15(22)7-21(8-15)6-10-5-17-13-4-11(16)2-3-12(10)13/h2-5,9,17,22H,6-8H2,1H3. The number of β-amino-alcohol motifs (C(OH)–C–C–N with tert-alkyl or cyclic N) is 1. The summed E-state index contributed by atoms with van der Waals surface area (Å²) in [7, 11) is 1.81. The van der Waals surface area contributed by atoms with E-state index in [-0.39, 0.29) is 0 Å². The second-order valence-electron chi connectivity index (χ2n) is 5.89. The lowest BCUT2D eigenvalue weighted by Crippen LogP contribution is -2.59. The molecule has 0 atom stereocenters. The highest BCUT2D eigenvalue weighted by Crippen LogP contribution is 2.32. The minimum absolute atomic E-state index is 0.572. The first-order valence-corrected chi connectivity index (χ1v) is 7.89. The summed E-state index contributed by atoms with van der Waals surface area (Å²) in [4.78, 5) is 9.67. The van der Waals surface area contributed by atoms with Crippen LogP contribution in [-0.4, -0.2) is 42.8 Å². The second-order valence-corrected chi connectivity index (χ2v) is 6.80. The topological polar surface area (TPSA) is 70.0 Å². The van der Waals surface area contributed by atoms with Gasteiger partial charge in [0.25, 0.3) is 0 Å². The number of rotatable bonds is 3. The number of fused-ring (bicyclic) bond motifs is 1. The van der Waals surface area contributed by atoms with Gasteiger partial charge in [-0.05, 0) is 17.7 Å². The molecule has 0 unspecified atom stereocenters. The highest BCUT2D eigenvalue weighted by atomic mass is 79.9. The van der Waals surface area contributed by atoms with E-state index in [0.717, 1.165) is 16.5 Å². The Morgan fingerprint density at radius 1 is 1.41 bits per heavy atom. The Hall–Kier alpha value is -1.70. The fourth-order valence-electron chi connectivity index (χ4n) is 3.19. The minimum Gasteiger partial charge on any atom is -0.379 e. The fraction of sp³-hybridized carbons (Fsp3) is 0.333. The maximum absolute atomic E-state index is 10.6. The number of aromatic nitrogens is 4. The number of likely N-dealkylation sites (tertiary alicyclic amines) is 1. The SMILES string of the molecule is Cn1ncnc1C1(O)CN(Cc2c[nH]c3cc(Br)ccc23)C1. The van der Waals surface area contributed by atoms with E-state index in [0.29, 0.717) is 18.9 Å². The summed E-state index contributed by atoms with van der Waals surface area (Å²) in [5.74, 6) is 0.631. The molecule has 4 rings (SSSR count). The molecule has 1 aliphatic rings. The number of aliphatic hydroxyl groups is 1. The molecule has 2 N–H and O–H groups in total. The Morgan fingerprint density at radius 2 is 2.23 bits per heavy atom. The van der Waals surface area contributed by atoms with Crippen molar-refractivity contribution in [3.8, 4) is 0 Å². The van der Waals surface area contributed by atoms with Gasteiger partial charge in [0.15, 0.2) is 5.82 Å². The average Bonchev–Trinajstić information content (AvgIpc) is 3.03. The Morgan fingerprint density at radius 3 is 2.95 bits per heavy atom. The highest BCUT2D eigenvalue weighted by molar-refractivity contribution is 9.10. The van der Waals surface area contributed by atoms with Gasteiger partial charge in [-0.3, -0.25) is 9.58 Å². The second kappa shape index (κ2) is 4.91. The zero-order valence-corrected chi connectivity index (χ0v) is 13.7. The van der Waals surface area contributed by atoms with E-state index in [4.69, 9.17) is 0 Å². The molecular weight excluding hydrogens is 346 g/mol. The van der Waals surface area contributed by atoms with Gasteiger partial charge in [-0.2, -0.15) is 5.10 Å². The number of halogens is 1. The van der Waals surface area contributed by atoms with Gasteiger partial charge < -0.3 is 10.1 Å². The molecule has 0 bridgehead atoms. The molecule has 0 amide bonds. The molecule has 2 aromatic heterocycles. The summed E-state index contributed by atoms with van der Waals surface area (Å²) < 4.78 is 2.70. The number of H-pyrrole nitrogens is 1. The van der Waals surface area contributed by atoms with Crippen LogP contribution in [0.4, 0.5) is 0 Å². The van der Waals surface area contributed by atoms with Crippen LogP contribution in [-0.2, 0) is 19.2 Å². The van der Waals surface area contributed by atoms with Crippen LogP contribution in [0.25, 0.3) is 10.9 Å². The maximum atomic E-state index is 10.6. The Labute approximate surface area is 135 Å². The van der Waals surface area contributed by atoms with Gasteiger partial charge in [0, 0.05) is 48.3 Å². The van der Waals surface area contributed by atoms with Crippen molar-refractivity contribution >= 4 is 26.8 Å². The lowest BCUT2D eigenvalue weighted by molar-refractivity contribution is -0.115. The monoisotopic (exact) mass is 361 g/mol. The van der Waals surface area contributed by atoms with Gasteiger partial charge in [0.1, 0.15) is 11.9 Å². The van der Waals surface area contributed by atoms with Crippen molar-refractivity contribution in [2.45, 2.75) is 12.1 Å². The smallest absolute Gasteiger partial charge is 0.161 e. The molecule has 1 aliphatic heterocycles. The average molecular weight is 362 g/mol. The largest absolute Gasteiger partial charge is 0.379 e. The third kappa shape index (κ3) is 2.16. The summed E-state index contributed by atoms with van der Waals surface area (Å²) in [6.07, 6.45) is 3.52. The maximum Gasteiger partial charge on any atom is 0.161 e. The van der Waals surface area contributed by atoms with Crippen LogP contribution >= 0.6 is 15.9 Å². The number of hydrogen-bond donors (Lipinski definition) is 2. The van der Waals surface area contributed by atoms with E-state index in [2.05, 4.69) is 48.0 Å². The van der Waals surface area contributed by atoms with Crippen molar-refractivity contribution in [2.75, 3.05) is 13.1 Å². The molecule has 1 fully saturated rings. The third-order valence-electron chi connectivity index (χ3n) is 4.22. The van der Waals surface area contributed by atoms with Gasteiger partial charge >= 0.3 is 0 Å². The molecule has 1 aromatic carbocycles. The molecule has 22 heavy (non-hydrogen) atoms. The van der Waals surface area contributed by atoms with E-state index < -0.39 is 5.60 Å². The highest BCUT2D eigenvalue weighted by Gasteiger charge is 2.45. The summed E-state index contributed by atoms with van der Waals surface area (Å²) >= 11 is 3.48. The minimum atomic E-state index is -0.889. The molecule has 3 heterocycles. The van der Waals surface area contributed by atoms with E-state index in [1.54, 1.807) is 11.7 Å². The van der Waals surface area contributed by atoms with Crippen molar-refractivity contribution in [2.24, 2.45) is 7.05 Å². The number of nitrogens with zero attached hydrogens (tertiary/aromatic N) is 4. The van der Waals surface area contributed by atoms with Crippen LogP contribution in [0.3, 0.4) is 0 Å². The van der Waals surface area contributed by atoms with Gasteiger partial charge in [-0.1, -0.05) is 22.0 Å². The van der Waals surface area contributed by atoms with Crippen LogP contribution < -0.4 is 0 Å². The molecule has 114 valence electrons. The lowest BCUT2D eigenvalue weighted by atomic mass is 9.92. The number of aryl methyl sites for hydroxylation is 1. The molecule has 3 aromatic rings. The van der Waals surface area contributed by atoms with Gasteiger partial charge in [-0.15, -0.1) is 0 Å². The number of aromatic amines is 1. The lowest BCUT2D eigenvalue weighted by Gasteiger charge is -2.45. The Balaban J connectivity index is 1.51. The fourth-order valence-corrected chi connectivity index (χ4v) is 3.56. The van der Waals surface area contributed by atoms with Gasteiger partial charge in [0.2, 0.25) is 0 Å². The number of nitrogens with one attached hydrogen (secondary N) is 1. The summed E-state index contributed by atoms with van der Waals surface area (Å²) in [6, 6.07) is 6.23. The summed E-state index contributed by atoms with van der Waals surface area (Å²) in [5, 5.41) is 15.9. The zero-order chi connectivity index (χ0) is 15.3. The van der Waals surface area contributed by atoms with E-state index in [9.17, 15) is 5.11 Å². The molecule has 0 saturated carbocycles. The van der Waals surface area contributed by atoms with Crippen LogP contribution in [0.15, 0.2) is 35.2 Å². The number of benzene rings is 1. The molecular formula is C15H16BrN5O. The number of hydrogen-bond acceptors (Lipinski definition) is 4. The van der Waals surface area contributed by atoms with Crippen LogP contribution in [0.2, 0.25) is 0 Å². The predicted octanol–water partition coefficient (Wildman–Crippen LogP) is 1.76. The van der Waals surface area contributed by atoms with Crippen LogP contribution in [0.1, 0.15) is 11.4 Å². The summed E-state index contributed by atoms with van der Waals surface area (Å²) in [5.41, 5.74) is 1.47. The van der Waals surface area contributed by atoms with Crippen molar-refractivity contribution in [3.63, 3.8) is 0 Å². The molecule has 0 spiro atoms. The first kappa shape index (κ1) is 13.9. The predicted molar refractivity (Wildman–Crippen MR) is 86.2 cm³/mol. The quantitative estimate of drug-likeness (QED) is 0.745. The van der Waals surface area contributed by atoms with E-state index in [1.165, 1.54) is 17.3 Å². The van der Waals surface area contributed by atoms with Crippen molar-refractivity contribution in [1.29, 1.82) is 0 Å². The zero-order valence-electron chi connectivity index (χ0n) is 12.1.